The van der Waals surface area contributed by atoms with Gasteiger partial charge in [-0.15, -0.1) is 0 Å². The van der Waals surface area contributed by atoms with E-state index in [4.69, 9.17) is 4.74 Å². The van der Waals surface area contributed by atoms with E-state index in [1.165, 1.54) is 11.1 Å². The lowest BCUT2D eigenvalue weighted by molar-refractivity contribution is 0.414. The van der Waals surface area contributed by atoms with E-state index >= 15 is 0 Å². The summed E-state index contributed by atoms with van der Waals surface area (Å²) in [5.41, 5.74) is 3.44. The summed E-state index contributed by atoms with van der Waals surface area (Å²) in [7, 11) is 3.73. The minimum absolute atomic E-state index is 0.747. The molecule has 0 bridgehead atoms. The van der Waals surface area contributed by atoms with Gasteiger partial charge in [-0.05, 0) is 29.8 Å². The first kappa shape index (κ1) is 13.6. The van der Waals surface area contributed by atoms with Gasteiger partial charge in [0.1, 0.15) is 11.6 Å². The van der Waals surface area contributed by atoms with Gasteiger partial charge in [-0.3, -0.25) is 0 Å². The molecule has 3 aromatic rings. The molecule has 1 N–H and O–H groups in total. The van der Waals surface area contributed by atoms with Crippen LogP contribution in [0, 0.1) is 0 Å². The number of para-hydroxylation sites is 2. The molecular formula is C17H19N3O. The van der Waals surface area contributed by atoms with Crippen LogP contribution < -0.4 is 10.1 Å². The number of nitrogens with zero attached hydrogens (tertiary/aromatic N) is 2. The smallest absolute Gasteiger partial charge is 0.123 e. The average molecular weight is 281 g/mol. The van der Waals surface area contributed by atoms with Gasteiger partial charge < -0.3 is 14.6 Å². The zero-order chi connectivity index (χ0) is 14.7. The van der Waals surface area contributed by atoms with Crippen molar-refractivity contribution in [1.29, 1.82) is 0 Å². The Morgan fingerprint density at radius 3 is 2.52 bits per heavy atom. The summed E-state index contributed by atoms with van der Waals surface area (Å²) in [5, 5.41) is 3.43. The maximum Gasteiger partial charge on any atom is 0.123 e. The normalized spacial score (nSPS) is 11.0. The van der Waals surface area contributed by atoms with Crippen molar-refractivity contribution in [2.45, 2.75) is 13.1 Å². The summed E-state index contributed by atoms with van der Waals surface area (Å²) in [6, 6.07) is 16.3. The van der Waals surface area contributed by atoms with Crippen LogP contribution in [0.1, 0.15) is 11.4 Å². The van der Waals surface area contributed by atoms with Crippen molar-refractivity contribution in [1.82, 2.24) is 14.9 Å². The summed E-state index contributed by atoms with van der Waals surface area (Å²) in [5.74, 6) is 1.93. The van der Waals surface area contributed by atoms with Gasteiger partial charge in [0.25, 0.3) is 0 Å². The summed E-state index contributed by atoms with van der Waals surface area (Å²) in [6.45, 7) is 1.56. The minimum atomic E-state index is 0.747. The SMILES string of the molecule is COc1ccc(CNCc2nc3ccccc3n2C)cc1. The van der Waals surface area contributed by atoms with Crippen LogP contribution in [0.25, 0.3) is 11.0 Å². The third kappa shape index (κ3) is 2.90. The number of hydrogen-bond donors (Lipinski definition) is 1. The number of rotatable bonds is 5. The van der Waals surface area contributed by atoms with Gasteiger partial charge in [0.05, 0.1) is 24.7 Å². The van der Waals surface area contributed by atoms with Gasteiger partial charge in [-0.2, -0.15) is 0 Å². The van der Waals surface area contributed by atoms with E-state index in [2.05, 4.69) is 40.1 Å². The Kier molecular flexibility index (Phi) is 3.88. The maximum absolute atomic E-state index is 5.16. The van der Waals surface area contributed by atoms with Crippen LogP contribution >= 0.6 is 0 Å². The molecule has 0 saturated heterocycles. The molecule has 0 atom stereocenters. The van der Waals surface area contributed by atoms with Crippen molar-refractivity contribution in [2.24, 2.45) is 7.05 Å². The van der Waals surface area contributed by atoms with Gasteiger partial charge >= 0.3 is 0 Å². The van der Waals surface area contributed by atoms with Crippen LogP contribution in [0.5, 0.6) is 5.75 Å². The largest absolute Gasteiger partial charge is 0.497 e. The predicted octanol–water partition coefficient (Wildman–Crippen LogP) is 2.87. The third-order valence-corrected chi connectivity index (χ3v) is 3.65. The number of hydrogen-bond acceptors (Lipinski definition) is 3. The van der Waals surface area contributed by atoms with Crippen molar-refractivity contribution in [3.63, 3.8) is 0 Å². The quantitative estimate of drug-likeness (QED) is 0.781. The van der Waals surface area contributed by atoms with Gasteiger partial charge in [0.15, 0.2) is 0 Å². The maximum atomic E-state index is 5.16. The van der Waals surface area contributed by atoms with E-state index in [0.29, 0.717) is 0 Å². The van der Waals surface area contributed by atoms with Crippen molar-refractivity contribution in [2.75, 3.05) is 7.11 Å². The van der Waals surface area contributed by atoms with E-state index in [1.54, 1.807) is 7.11 Å². The molecular weight excluding hydrogens is 262 g/mol. The third-order valence-electron chi connectivity index (χ3n) is 3.65. The lowest BCUT2D eigenvalue weighted by Gasteiger charge is -2.06. The summed E-state index contributed by atoms with van der Waals surface area (Å²) >= 11 is 0. The van der Waals surface area contributed by atoms with Crippen molar-refractivity contribution < 1.29 is 4.74 Å². The lowest BCUT2D eigenvalue weighted by atomic mass is 10.2. The molecule has 4 nitrogen and oxygen atoms in total. The van der Waals surface area contributed by atoms with Gasteiger partial charge in [-0.1, -0.05) is 24.3 Å². The minimum Gasteiger partial charge on any atom is -0.497 e. The molecule has 0 aliphatic rings. The first-order valence-corrected chi connectivity index (χ1v) is 7.02. The lowest BCUT2D eigenvalue weighted by Crippen LogP contribution is -2.15. The molecule has 0 amide bonds. The average Bonchev–Trinajstić information content (AvgIpc) is 2.85. The molecule has 3 rings (SSSR count). The highest BCUT2D eigenvalue weighted by molar-refractivity contribution is 5.75. The number of ether oxygens (including phenoxy) is 1. The number of aryl methyl sites for hydroxylation is 1. The van der Waals surface area contributed by atoms with E-state index in [9.17, 15) is 0 Å². The second kappa shape index (κ2) is 5.97. The number of aromatic nitrogens is 2. The van der Waals surface area contributed by atoms with Crippen LogP contribution in [0.4, 0.5) is 0 Å². The van der Waals surface area contributed by atoms with Crippen LogP contribution in [0.15, 0.2) is 48.5 Å². The van der Waals surface area contributed by atoms with Crippen LogP contribution in [0.2, 0.25) is 0 Å². The molecule has 0 radical (unpaired) electrons. The highest BCUT2D eigenvalue weighted by Gasteiger charge is 2.06. The number of benzene rings is 2. The zero-order valence-electron chi connectivity index (χ0n) is 12.3. The molecule has 0 saturated carbocycles. The fourth-order valence-electron chi connectivity index (χ4n) is 2.42. The van der Waals surface area contributed by atoms with Crippen molar-refractivity contribution >= 4 is 11.0 Å². The number of methoxy groups -OCH3 is 1. The Bertz CT molecular complexity index is 731. The van der Waals surface area contributed by atoms with Gasteiger partial charge in [-0.25, -0.2) is 4.98 Å². The van der Waals surface area contributed by atoms with Crippen LogP contribution in [0.3, 0.4) is 0 Å². The summed E-state index contributed by atoms with van der Waals surface area (Å²) in [6.07, 6.45) is 0. The van der Waals surface area contributed by atoms with Crippen molar-refractivity contribution in [3.8, 4) is 5.75 Å². The van der Waals surface area contributed by atoms with E-state index in [1.807, 2.05) is 30.3 Å². The topological polar surface area (TPSA) is 39.1 Å². The second-order valence-corrected chi connectivity index (χ2v) is 5.03. The Morgan fingerprint density at radius 2 is 1.81 bits per heavy atom. The number of fused-ring (bicyclic) bond motifs is 1. The molecule has 2 aromatic carbocycles. The Morgan fingerprint density at radius 1 is 1.05 bits per heavy atom. The first-order chi connectivity index (χ1) is 10.3. The summed E-state index contributed by atoms with van der Waals surface area (Å²) in [4.78, 5) is 4.65. The fourth-order valence-corrected chi connectivity index (χ4v) is 2.42. The Labute approximate surface area is 124 Å². The zero-order valence-corrected chi connectivity index (χ0v) is 12.3. The Balaban J connectivity index is 1.64. The standard InChI is InChI=1S/C17H19N3O/c1-20-16-6-4-3-5-15(16)19-17(20)12-18-11-13-7-9-14(21-2)10-8-13/h3-10,18H,11-12H2,1-2H3. The van der Waals surface area contributed by atoms with Gasteiger partial charge in [0.2, 0.25) is 0 Å². The molecule has 1 heterocycles. The van der Waals surface area contributed by atoms with Crippen molar-refractivity contribution in [3.05, 3.63) is 59.9 Å². The van der Waals surface area contributed by atoms with Gasteiger partial charge in [0, 0.05) is 13.6 Å². The second-order valence-electron chi connectivity index (χ2n) is 5.03. The van der Waals surface area contributed by atoms with Crippen LogP contribution in [-0.4, -0.2) is 16.7 Å². The number of nitrogens with one attached hydrogen (secondary N) is 1. The molecule has 1 aromatic heterocycles. The molecule has 0 spiro atoms. The number of imidazole rings is 1. The van der Waals surface area contributed by atoms with E-state index in [-0.39, 0.29) is 0 Å². The molecule has 0 aliphatic heterocycles. The monoisotopic (exact) mass is 281 g/mol. The molecule has 0 fully saturated rings. The van der Waals surface area contributed by atoms with Crippen LogP contribution in [-0.2, 0) is 20.1 Å². The van der Waals surface area contributed by atoms with E-state index in [0.717, 1.165) is 30.2 Å². The molecule has 0 unspecified atom stereocenters. The highest BCUT2D eigenvalue weighted by atomic mass is 16.5. The molecule has 4 heteroatoms. The summed E-state index contributed by atoms with van der Waals surface area (Å²) < 4.78 is 7.29. The molecule has 108 valence electrons. The molecule has 0 aliphatic carbocycles. The highest BCUT2D eigenvalue weighted by Crippen LogP contribution is 2.14. The van der Waals surface area contributed by atoms with E-state index < -0.39 is 0 Å². The fraction of sp³-hybridized carbons (Fsp3) is 0.235. The first-order valence-electron chi connectivity index (χ1n) is 7.02. The Hall–Kier alpha value is -2.33. The predicted molar refractivity (Wildman–Crippen MR) is 84.3 cm³/mol. The molecule has 21 heavy (non-hydrogen) atoms.